The van der Waals surface area contributed by atoms with Crippen LogP contribution in [0.4, 0.5) is 4.39 Å². The molecule has 3 heteroatoms. The molecule has 0 N–H and O–H groups in total. The fraction of sp³-hybridized carbons (Fsp3) is 0.143. The van der Waals surface area contributed by atoms with Crippen LogP contribution < -0.4 is 10.9 Å². The second-order valence-electron chi connectivity index (χ2n) is 4.25. The zero-order chi connectivity index (χ0) is 11.7. The Labute approximate surface area is 100 Å². The van der Waals surface area contributed by atoms with Crippen LogP contribution in [0.3, 0.4) is 0 Å². The van der Waals surface area contributed by atoms with Crippen molar-refractivity contribution in [3.8, 4) is 0 Å². The summed E-state index contributed by atoms with van der Waals surface area (Å²) in [4.78, 5) is 0. The first-order valence-corrected chi connectivity index (χ1v) is 5.79. The van der Waals surface area contributed by atoms with Crippen LogP contribution in [0.25, 0.3) is 0 Å². The van der Waals surface area contributed by atoms with Crippen LogP contribution in [0.2, 0.25) is 0 Å². The van der Waals surface area contributed by atoms with Crippen LogP contribution in [-0.4, -0.2) is 13.5 Å². The zero-order valence-electron chi connectivity index (χ0n) is 9.40. The largest absolute Gasteiger partial charge is 0.427 e. The van der Waals surface area contributed by atoms with Crippen molar-refractivity contribution in [2.24, 2.45) is 0 Å². The topological polar surface area (TPSA) is 9.23 Å². The summed E-state index contributed by atoms with van der Waals surface area (Å²) in [5.74, 6) is -0.214. The van der Waals surface area contributed by atoms with Crippen molar-refractivity contribution in [3.05, 3.63) is 59.9 Å². The van der Waals surface area contributed by atoms with Gasteiger partial charge < -0.3 is 4.65 Å². The Hall–Kier alpha value is -1.61. The van der Waals surface area contributed by atoms with E-state index in [2.05, 4.69) is 12.1 Å². The standard InChI is InChI=1S/C14H12BFO/c16-13-6-3-5-12(10-13)15-14-7-2-1-4-11(14)8-9-17-15/h1-7,10H,8-9H2. The monoisotopic (exact) mass is 226 g/mol. The van der Waals surface area contributed by atoms with E-state index in [1.807, 2.05) is 18.2 Å². The van der Waals surface area contributed by atoms with Crippen LogP contribution in [0.15, 0.2) is 48.5 Å². The third-order valence-electron chi connectivity index (χ3n) is 3.14. The molecule has 1 aliphatic rings. The highest BCUT2D eigenvalue weighted by molar-refractivity contribution is 6.80. The van der Waals surface area contributed by atoms with E-state index in [0.717, 1.165) is 17.3 Å². The molecule has 0 amide bonds. The molecule has 1 aliphatic heterocycles. The molecule has 0 saturated carbocycles. The van der Waals surface area contributed by atoms with Crippen molar-refractivity contribution in [3.63, 3.8) is 0 Å². The Morgan fingerprint density at radius 2 is 1.94 bits per heavy atom. The predicted molar refractivity (Wildman–Crippen MR) is 67.5 cm³/mol. The number of hydrogen-bond acceptors (Lipinski definition) is 1. The number of benzene rings is 2. The molecular formula is C14H12BFO. The van der Waals surface area contributed by atoms with Gasteiger partial charge in [0.1, 0.15) is 5.82 Å². The van der Waals surface area contributed by atoms with Crippen molar-refractivity contribution >= 4 is 17.8 Å². The van der Waals surface area contributed by atoms with Crippen molar-refractivity contribution in [2.45, 2.75) is 6.42 Å². The summed E-state index contributed by atoms with van der Waals surface area (Å²) in [5.41, 5.74) is 3.34. The third kappa shape index (κ3) is 1.98. The quantitative estimate of drug-likeness (QED) is 0.669. The minimum Gasteiger partial charge on any atom is -0.427 e. The summed E-state index contributed by atoms with van der Waals surface area (Å²) < 4.78 is 19.0. The van der Waals surface area contributed by atoms with Crippen molar-refractivity contribution in [2.75, 3.05) is 6.61 Å². The maximum atomic E-state index is 13.2. The zero-order valence-corrected chi connectivity index (χ0v) is 9.40. The van der Waals surface area contributed by atoms with E-state index in [1.54, 1.807) is 12.1 Å². The lowest BCUT2D eigenvalue weighted by molar-refractivity contribution is 0.330. The molecule has 0 unspecified atom stereocenters. The van der Waals surface area contributed by atoms with Crippen molar-refractivity contribution in [1.29, 1.82) is 0 Å². The Morgan fingerprint density at radius 1 is 1.06 bits per heavy atom. The van der Waals surface area contributed by atoms with E-state index >= 15 is 0 Å². The molecule has 0 fully saturated rings. The van der Waals surface area contributed by atoms with Gasteiger partial charge in [0.05, 0.1) is 0 Å². The van der Waals surface area contributed by atoms with Gasteiger partial charge in [0, 0.05) is 6.61 Å². The molecular weight excluding hydrogens is 214 g/mol. The fourth-order valence-electron chi connectivity index (χ4n) is 2.34. The van der Waals surface area contributed by atoms with Crippen LogP contribution in [0.1, 0.15) is 5.56 Å². The minimum absolute atomic E-state index is 0.129. The maximum Gasteiger partial charge on any atom is 0.362 e. The van der Waals surface area contributed by atoms with Crippen LogP contribution in [0.5, 0.6) is 0 Å². The van der Waals surface area contributed by atoms with Gasteiger partial charge in [-0.05, 0) is 35.0 Å². The van der Waals surface area contributed by atoms with Crippen molar-refractivity contribution < 1.29 is 9.04 Å². The summed E-state index contributed by atoms with van der Waals surface area (Å²) >= 11 is 0. The van der Waals surface area contributed by atoms with E-state index in [-0.39, 0.29) is 12.7 Å². The highest BCUT2D eigenvalue weighted by atomic mass is 19.1. The first-order chi connectivity index (χ1) is 8.34. The van der Waals surface area contributed by atoms with E-state index < -0.39 is 0 Å². The average molecular weight is 226 g/mol. The SMILES string of the molecule is Fc1cccc(B2OCCc3ccccc32)c1. The van der Waals surface area contributed by atoms with Gasteiger partial charge in [-0.25, -0.2) is 4.39 Å². The number of hydrogen-bond donors (Lipinski definition) is 0. The summed E-state index contributed by atoms with van der Waals surface area (Å²) in [6.07, 6.45) is 0.933. The molecule has 3 rings (SSSR count). The molecule has 0 spiro atoms. The number of rotatable bonds is 1. The highest BCUT2D eigenvalue weighted by Gasteiger charge is 2.27. The summed E-state index contributed by atoms with van der Waals surface area (Å²) in [6.45, 7) is 0.564. The van der Waals surface area contributed by atoms with Crippen LogP contribution in [-0.2, 0) is 11.1 Å². The van der Waals surface area contributed by atoms with Gasteiger partial charge in [-0.2, -0.15) is 0 Å². The Kier molecular flexibility index (Phi) is 2.69. The van der Waals surface area contributed by atoms with E-state index in [1.165, 1.54) is 11.6 Å². The van der Waals surface area contributed by atoms with Gasteiger partial charge in [-0.3, -0.25) is 0 Å². The first-order valence-electron chi connectivity index (χ1n) is 5.79. The molecule has 0 saturated heterocycles. The van der Waals surface area contributed by atoms with Gasteiger partial charge in [-0.15, -0.1) is 0 Å². The molecule has 17 heavy (non-hydrogen) atoms. The Balaban J connectivity index is 2.06. The lowest BCUT2D eigenvalue weighted by atomic mass is 9.53. The van der Waals surface area contributed by atoms with Gasteiger partial charge >= 0.3 is 6.92 Å². The van der Waals surface area contributed by atoms with Gasteiger partial charge in [0.15, 0.2) is 0 Å². The first kappa shape index (κ1) is 10.5. The normalized spacial score (nSPS) is 14.5. The third-order valence-corrected chi connectivity index (χ3v) is 3.14. The van der Waals surface area contributed by atoms with E-state index in [4.69, 9.17) is 4.65 Å². The highest BCUT2D eigenvalue weighted by Crippen LogP contribution is 2.08. The van der Waals surface area contributed by atoms with Crippen LogP contribution >= 0.6 is 0 Å². The van der Waals surface area contributed by atoms with Crippen molar-refractivity contribution in [1.82, 2.24) is 0 Å². The summed E-state index contributed by atoms with van der Waals surface area (Å²) in [6, 6.07) is 14.9. The number of halogens is 1. The molecule has 0 bridgehead atoms. The molecule has 84 valence electrons. The Morgan fingerprint density at radius 3 is 2.82 bits per heavy atom. The van der Waals surface area contributed by atoms with E-state index in [9.17, 15) is 4.39 Å². The average Bonchev–Trinajstić information content (AvgIpc) is 2.38. The second-order valence-corrected chi connectivity index (χ2v) is 4.25. The molecule has 0 aromatic heterocycles. The van der Waals surface area contributed by atoms with Gasteiger partial charge in [0.2, 0.25) is 0 Å². The van der Waals surface area contributed by atoms with Crippen LogP contribution in [0, 0.1) is 5.82 Å². The second kappa shape index (κ2) is 4.34. The van der Waals surface area contributed by atoms with E-state index in [0.29, 0.717) is 6.61 Å². The molecule has 1 heterocycles. The summed E-state index contributed by atoms with van der Waals surface area (Å²) in [5, 5.41) is 0. The smallest absolute Gasteiger partial charge is 0.362 e. The van der Waals surface area contributed by atoms with Gasteiger partial charge in [-0.1, -0.05) is 36.4 Å². The molecule has 2 aromatic carbocycles. The molecule has 0 radical (unpaired) electrons. The maximum absolute atomic E-state index is 13.2. The summed E-state index contributed by atoms with van der Waals surface area (Å²) in [7, 11) is 0. The Bertz CT molecular complexity index is 541. The molecule has 0 aliphatic carbocycles. The molecule has 2 aromatic rings. The lowest BCUT2D eigenvalue weighted by Gasteiger charge is -2.23. The number of fused-ring (bicyclic) bond motifs is 1. The molecule has 1 nitrogen and oxygen atoms in total. The fourth-order valence-corrected chi connectivity index (χ4v) is 2.34. The van der Waals surface area contributed by atoms with Gasteiger partial charge in [0.25, 0.3) is 0 Å². The lowest BCUT2D eigenvalue weighted by Crippen LogP contribution is -2.50. The predicted octanol–water partition coefficient (Wildman–Crippen LogP) is 1.50. The minimum atomic E-state index is -0.214. The molecule has 0 atom stereocenters.